The molecule has 1 aromatic carbocycles. The van der Waals surface area contributed by atoms with Gasteiger partial charge in [0.2, 0.25) is 0 Å². The summed E-state index contributed by atoms with van der Waals surface area (Å²) in [5.74, 6) is 0. The molecule has 0 atom stereocenters. The molecule has 2 amide bonds. The molecule has 7 nitrogen and oxygen atoms in total. The second-order valence-electron chi connectivity index (χ2n) is 7.34. The number of nitrogens with one attached hydrogen (secondary N) is 3. The summed E-state index contributed by atoms with van der Waals surface area (Å²) in [7, 11) is -0.00250. The van der Waals surface area contributed by atoms with E-state index < -0.39 is 16.2 Å². The van der Waals surface area contributed by atoms with E-state index in [9.17, 15) is 13.2 Å². The van der Waals surface area contributed by atoms with Crippen molar-refractivity contribution in [2.24, 2.45) is 0 Å². The van der Waals surface area contributed by atoms with Gasteiger partial charge in [-0.3, -0.25) is 0 Å². The van der Waals surface area contributed by atoms with Gasteiger partial charge in [0.1, 0.15) is 0 Å². The molecule has 0 bridgehead atoms. The zero-order valence-corrected chi connectivity index (χ0v) is 20.5. The summed E-state index contributed by atoms with van der Waals surface area (Å²) < 4.78 is 28.6. The minimum absolute atomic E-state index is 0. The number of aryl methyl sites for hydroxylation is 2. The standard InChI is InChI=1S/C18H28N4O3S.K/c1-22(2)11-5-10-19-26(24,25)21-18(23)20-17-15-8-3-6-13(15)12-14-7-4-9-16(14)17;/h12,19H,3-11H2,1-2H3,(H2,20,21,23);. The fourth-order valence-electron chi connectivity index (χ4n) is 3.87. The monoisotopic (exact) mass is 419 g/mol. The molecule has 3 N–H and O–H groups in total. The van der Waals surface area contributed by atoms with E-state index in [-0.39, 0.29) is 57.9 Å². The van der Waals surface area contributed by atoms with E-state index in [0.29, 0.717) is 6.42 Å². The molecule has 1 radical (unpaired) electrons. The van der Waals surface area contributed by atoms with Crippen LogP contribution in [0.2, 0.25) is 0 Å². The third-order valence-corrected chi connectivity index (χ3v) is 6.05. The molecule has 0 aromatic heterocycles. The van der Waals surface area contributed by atoms with Crippen molar-refractivity contribution < 1.29 is 13.2 Å². The third-order valence-electron chi connectivity index (χ3n) is 5.01. The molecule has 145 valence electrons. The van der Waals surface area contributed by atoms with Crippen LogP contribution in [-0.4, -0.2) is 97.9 Å². The summed E-state index contributed by atoms with van der Waals surface area (Å²) in [6.45, 7) is 1.06. The molecule has 0 saturated carbocycles. The molecule has 1 aromatic rings. The Labute approximate surface area is 204 Å². The van der Waals surface area contributed by atoms with Crippen molar-refractivity contribution in [2.45, 2.75) is 44.9 Å². The first kappa shape index (κ1) is 23.3. The summed E-state index contributed by atoms with van der Waals surface area (Å²) in [5, 5.41) is 2.83. The zero-order chi connectivity index (χ0) is 18.7. The molecule has 2 aliphatic carbocycles. The van der Waals surface area contributed by atoms with Gasteiger partial charge in [-0.1, -0.05) is 6.07 Å². The minimum atomic E-state index is -3.86. The number of benzene rings is 1. The van der Waals surface area contributed by atoms with Crippen LogP contribution in [0.4, 0.5) is 10.5 Å². The van der Waals surface area contributed by atoms with Crippen LogP contribution < -0.4 is 14.8 Å². The van der Waals surface area contributed by atoms with Crippen molar-refractivity contribution in [1.29, 1.82) is 0 Å². The van der Waals surface area contributed by atoms with Gasteiger partial charge in [-0.2, -0.15) is 13.1 Å². The van der Waals surface area contributed by atoms with Crippen LogP contribution in [0.25, 0.3) is 0 Å². The van der Waals surface area contributed by atoms with Crippen molar-refractivity contribution in [3.8, 4) is 0 Å². The van der Waals surface area contributed by atoms with Crippen LogP contribution in [0.3, 0.4) is 0 Å². The summed E-state index contributed by atoms with van der Waals surface area (Å²) in [5.41, 5.74) is 5.79. The molecular formula is C18H28KN4O3S. The number of hydrogen-bond donors (Lipinski definition) is 3. The van der Waals surface area contributed by atoms with Crippen LogP contribution in [-0.2, 0) is 35.9 Å². The number of carbonyl (C=O) groups excluding carboxylic acids is 1. The van der Waals surface area contributed by atoms with Crippen LogP contribution in [0, 0.1) is 0 Å². The largest absolute Gasteiger partial charge is 0.333 e. The number of hydrogen-bond acceptors (Lipinski definition) is 4. The van der Waals surface area contributed by atoms with E-state index in [1.807, 2.05) is 19.0 Å². The van der Waals surface area contributed by atoms with Crippen molar-refractivity contribution >= 4 is 73.3 Å². The number of carbonyl (C=O) groups is 1. The number of nitrogens with zero attached hydrogens (tertiary/aromatic N) is 1. The Morgan fingerprint density at radius 3 is 2.22 bits per heavy atom. The molecular weight excluding hydrogens is 391 g/mol. The molecule has 0 saturated heterocycles. The maximum atomic E-state index is 12.3. The molecule has 27 heavy (non-hydrogen) atoms. The van der Waals surface area contributed by atoms with Gasteiger partial charge in [0.05, 0.1) is 0 Å². The Morgan fingerprint density at radius 2 is 1.67 bits per heavy atom. The van der Waals surface area contributed by atoms with Gasteiger partial charge in [0.25, 0.3) is 0 Å². The summed E-state index contributed by atoms with van der Waals surface area (Å²) in [6, 6.07) is 1.58. The Kier molecular flexibility index (Phi) is 8.75. The van der Waals surface area contributed by atoms with Crippen LogP contribution in [0.5, 0.6) is 0 Å². The quantitative estimate of drug-likeness (QED) is 0.457. The maximum absolute atomic E-state index is 12.3. The van der Waals surface area contributed by atoms with Crippen LogP contribution in [0.1, 0.15) is 41.5 Å². The van der Waals surface area contributed by atoms with E-state index in [0.717, 1.165) is 50.8 Å². The fourth-order valence-corrected chi connectivity index (χ4v) is 4.65. The van der Waals surface area contributed by atoms with Gasteiger partial charge in [-0.25, -0.2) is 9.52 Å². The summed E-state index contributed by atoms with van der Waals surface area (Å²) >= 11 is 0. The number of urea groups is 1. The Hall–Kier alpha value is -0.00364. The van der Waals surface area contributed by atoms with Gasteiger partial charge in [-0.05, 0) is 87.8 Å². The Morgan fingerprint density at radius 1 is 1.07 bits per heavy atom. The van der Waals surface area contributed by atoms with Crippen molar-refractivity contribution in [3.63, 3.8) is 0 Å². The van der Waals surface area contributed by atoms with Crippen LogP contribution in [0.15, 0.2) is 6.07 Å². The topological polar surface area (TPSA) is 90.5 Å². The maximum Gasteiger partial charge on any atom is 0.333 e. The predicted octanol–water partition coefficient (Wildman–Crippen LogP) is 1.19. The first-order valence-corrected chi connectivity index (χ1v) is 10.7. The zero-order valence-electron chi connectivity index (χ0n) is 16.5. The molecule has 3 rings (SSSR count). The molecule has 0 aliphatic heterocycles. The molecule has 0 spiro atoms. The Bertz CT molecular complexity index is 764. The SMILES string of the molecule is CN(C)CCCNS(=O)(=O)NC(=O)Nc1c2c(cc3c1CCC3)CCC2.[K]. The van der Waals surface area contributed by atoms with Crippen LogP contribution >= 0.6 is 0 Å². The van der Waals surface area contributed by atoms with E-state index in [1.54, 1.807) is 0 Å². The van der Waals surface area contributed by atoms with Crippen molar-refractivity contribution in [2.75, 3.05) is 32.5 Å². The Balaban J connectivity index is 0.00000261. The van der Waals surface area contributed by atoms with E-state index in [4.69, 9.17) is 0 Å². The fraction of sp³-hybridized carbons (Fsp3) is 0.611. The minimum Gasteiger partial charge on any atom is -0.309 e. The molecule has 0 fully saturated rings. The normalized spacial score (nSPS) is 15.2. The average molecular weight is 420 g/mol. The van der Waals surface area contributed by atoms with Crippen molar-refractivity contribution in [1.82, 2.24) is 14.3 Å². The first-order chi connectivity index (χ1) is 12.4. The first-order valence-electron chi connectivity index (χ1n) is 9.25. The summed E-state index contributed by atoms with van der Waals surface area (Å²) in [6.07, 6.45) is 6.78. The van der Waals surface area contributed by atoms with Gasteiger partial charge in [0.15, 0.2) is 0 Å². The molecule has 0 unspecified atom stereocenters. The molecule has 0 heterocycles. The number of rotatable bonds is 7. The van der Waals surface area contributed by atoms with Crippen molar-refractivity contribution in [3.05, 3.63) is 28.3 Å². The predicted molar refractivity (Wildman–Crippen MR) is 108 cm³/mol. The summed E-state index contributed by atoms with van der Waals surface area (Å²) in [4.78, 5) is 14.3. The van der Waals surface area contributed by atoms with Gasteiger partial charge in [0, 0.05) is 63.6 Å². The molecule has 9 heteroatoms. The average Bonchev–Trinajstić information content (AvgIpc) is 3.19. The van der Waals surface area contributed by atoms with Gasteiger partial charge < -0.3 is 10.2 Å². The van der Waals surface area contributed by atoms with E-state index >= 15 is 0 Å². The smallest absolute Gasteiger partial charge is 0.309 e. The van der Waals surface area contributed by atoms with E-state index in [2.05, 4.69) is 20.8 Å². The second kappa shape index (κ2) is 10.2. The molecule has 2 aliphatic rings. The van der Waals surface area contributed by atoms with Gasteiger partial charge >= 0.3 is 16.2 Å². The van der Waals surface area contributed by atoms with Gasteiger partial charge in [-0.15, -0.1) is 0 Å². The number of fused-ring (bicyclic) bond motifs is 2. The number of anilines is 1. The second-order valence-corrected chi connectivity index (χ2v) is 8.84. The number of amides is 2. The van der Waals surface area contributed by atoms with E-state index in [1.165, 1.54) is 22.3 Å². The third kappa shape index (κ3) is 6.24.